The minimum Gasteiger partial charge on any atom is -0.494 e. The second kappa shape index (κ2) is 9.42. The molecule has 0 aliphatic carbocycles. The third-order valence-corrected chi connectivity index (χ3v) is 4.87. The number of thioether (sulfide) groups is 1. The number of carbonyl (C=O) groups is 2. The largest absolute Gasteiger partial charge is 0.494 e. The van der Waals surface area contributed by atoms with E-state index in [1.54, 1.807) is 7.05 Å². The Balaban J connectivity index is 1.51. The van der Waals surface area contributed by atoms with E-state index >= 15 is 0 Å². The zero-order chi connectivity index (χ0) is 20.8. The van der Waals surface area contributed by atoms with E-state index in [9.17, 15) is 14.0 Å². The first-order chi connectivity index (χ1) is 13.9. The summed E-state index contributed by atoms with van der Waals surface area (Å²) >= 11 is 1.26. The summed E-state index contributed by atoms with van der Waals surface area (Å²) in [6.45, 7) is 2.39. The van der Waals surface area contributed by atoms with Gasteiger partial charge in [0.25, 0.3) is 0 Å². The number of ether oxygens (including phenoxy) is 1. The summed E-state index contributed by atoms with van der Waals surface area (Å²) in [5.41, 5.74) is 2.09. The molecule has 2 aromatic carbocycles. The van der Waals surface area contributed by atoms with Gasteiger partial charge in [-0.1, -0.05) is 11.8 Å². The fourth-order valence-corrected chi connectivity index (χ4v) is 3.39. The van der Waals surface area contributed by atoms with Crippen LogP contribution in [0, 0.1) is 5.82 Å². The fourth-order valence-electron chi connectivity index (χ4n) is 2.57. The van der Waals surface area contributed by atoms with Gasteiger partial charge in [0.05, 0.1) is 29.9 Å². The van der Waals surface area contributed by atoms with Crippen LogP contribution in [0.15, 0.2) is 47.6 Å². The van der Waals surface area contributed by atoms with Crippen molar-refractivity contribution >= 4 is 40.3 Å². The van der Waals surface area contributed by atoms with Crippen molar-refractivity contribution in [3.8, 4) is 5.75 Å². The monoisotopic (exact) mass is 416 g/mol. The molecule has 2 amide bonds. The lowest BCUT2D eigenvalue weighted by atomic mass is 10.3. The van der Waals surface area contributed by atoms with Crippen LogP contribution in [0.5, 0.6) is 5.75 Å². The molecule has 0 radical (unpaired) electrons. The molecule has 0 aliphatic heterocycles. The van der Waals surface area contributed by atoms with E-state index in [1.807, 2.05) is 25.1 Å². The Morgan fingerprint density at radius 2 is 2.00 bits per heavy atom. The molecule has 0 unspecified atom stereocenters. The highest BCUT2D eigenvalue weighted by molar-refractivity contribution is 7.99. The number of anilines is 1. The van der Waals surface area contributed by atoms with Crippen molar-refractivity contribution < 1.29 is 18.7 Å². The highest BCUT2D eigenvalue weighted by Gasteiger charge is 2.15. The Labute approximate surface area is 171 Å². The highest BCUT2D eigenvalue weighted by Crippen LogP contribution is 2.23. The third kappa shape index (κ3) is 5.71. The number of H-pyrrole nitrogens is 1. The summed E-state index contributed by atoms with van der Waals surface area (Å²) in [4.78, 5) is 33.3. The quantitative estimate of drug-likeness (QED) is 0.550. The van der Waals surface area contributed by atoms with E-state index in [2.05, 4.69) is 15.3 Å². The van der Waals surface area contributed by atoms with Gasteiger partial charge in [0.15, 0.2) is 5.16 Å². The van der Waals surface area contributed by atoms with Crippen LogP contribution in [0.25, 0.3) is 11.0 Å². The first-order valence-corrected chi connectivity index (χ1v) is 9.98. The lowest BCUT2D eigenvalue weighted by Crippen LogP contribution is -2.35. The average Bonchev–Trinajstić information content (AvgIpc) is 3.10. The fraction of sp³-hybridized carbons (Fsp3) is 0.250. The Morgan fingerprint density at radius 1 is 1.24 bits per heavy atom. The molecule has 0 aliphatic rings. The molecule has 0 spiro atoms. The predicted molar refractivity (Wildman–Crippen MR) is 111 cm³/mol. The van der Waals surface area contributed by atoms with E-state index in [0.717, 1.165) is 16.8 Å². The van der Waals surface area contributed by atoms with Gasteiger partial charge in [-0.3, -0.25) is 9.59 Å². The number of amides is 2. The second-order valence-electron chi connectivity index (χ2n) is 6.25. The van der Waals surface area contributed by atoms with E-state index < -0.39 is 0 Å². The van der Waals surface area contributed by atoms with Gasteiger partial charge >= 0.3 is 0 Å². The number of aromatic nitrogens is 2. The number of halogens is 1. The van der Waals surface area contributed by atoms with Gasteiger partial charge in [-0.05, 0) is 43.3 Å². The molecule has 3 rings (SSSR count). The van der Waals surface area contributed by atoms with E-state index in [0.29, 0.717) is 17.5 Å². The maximum absolute atomic E-state index is 12.9. The van der Waals surface area contributed by atoms with Crippen LogP contribution in [-0.4, -0.2) is 52.6 Å². The molecule has 3 aromatic rings. The van der Waals surface area contributed by atoms with Crippen LogP contribution < -0.4 is 10.1 Å². The molecule has 0 atom stereocenters. The maximum atomic E-state index is 12.9. The van der Waals surface area contributed by atoms with Crippen LogP contribution >= 0.6 is 11.8 Å². The number of nitrogens with zero attached hydrogens (tertiary/aromatic N) is 2. The van der Waals surface area contributed by atoms with Crippen LogP contribution in [0.1, 0.15) is 6.92 Å². The number of rotatable bonds is 8. The van der Waals surface area contributed by atoms with Crippen molar-refractivity contribution in [3.63, 3.8) is 0 Å². The first-order valence-electron chi connectivity index (χ1n) is 8.99. The molecule has 152 valence electrons. The van der Waals surface area contributed by atoms with Crippen LogP contribution in [0.3, 0.4) is 0 Å². The highest BCUT2D eigenvalue weighted by atomic mass is 32.2. The molecule has 0 fully saturated rings. The van der Waals surface area contributed by atoms with Crippen molar-refractivity contribution in [3.05, 3.63) is 48.3 Å². The predicted octanol–water partition coefficient (Wildman–Crippen LogP) is 3.29. The van der Waals surface area contributed by atoms with Gasteiger partial charge in [-0.15, -0.1) is 0 Å². The van der Waals surface area contributed by atoms with Gasteiger partial charge in [0, 0.05) is 18.8 Å². The van der Waals surface area contributed by atoms with Gasteiger partial charge in [-0.2, -0.15) is 0 Å². The molecule has 0 saturated heterocycles. The summed E-state index contributed by atoms with van der Waals surface area (Å²) in [6.07, 6.45) is 0. The number of carbonyl (C=O) groups excluding carboxylic acids is 2. The molecule has 1 aromatic heterocycles. The summed E-state index contributed by atoms with van der Waals surface area (Å²) in [5.74, 6) is -0.0575. The van der Waals surface area contributed by atoms with Crippen molar-refractivity contribution in [2.24, 2.45) is 0 Å². The molecule has 0 saturated carbocycles. The van der Waals surface area contributed by atoms with Gasteiger partial charge < -0.3 is 19.9 Å². The molecular weight excluding hydrogens is 395 g/mol. The zero-order valence-electron chi connectivity index (χ0n) is 16.1. The van der Waals surface area contributed by atoms with E-state index in [4.69, 9.17) is 4.74 Å². The number of fused-ring (bicyclic) bond motifs is 1. The molecule has 0 bridgehead atoms. The van der Waals surface area contributed by atoms with Crippen LogP contribution in [0.4, 0.5) is 10.1 Å². The van der Waals surface area contributed by atoms with Gasteiger partial charge in [0.2, 0.25) is 11.8 Å². The molecule has 9 heteroatoms. The van der Waals surface area contributed by atoms with Crippen molar-refractivity contribution in [2.45, 2.75) is 12.1 Å². The standard InChI is InChI=1S/C20H21FN4O3S/c1-3-28-15-8-9-16-17(10-15)24-20(23-16)29-12-19(27)25(2)11-18(26)22-14-6-4-13(21)5-7-14/h4-10H,3,11-12H2,1-2H3,(H,22,26)(H,23,24). The number of aromatic amines is 1. The number of nitrogens with one attached hydrogen (secondary N) is 2. The molecular formula is C20H21FN4O3S. The number of benzene rings is 2. The van der Waals surface area contributed by atoms with E-state index in [-0.39, 0.29) is 29.9 Å². The normalized spacial score (nSPS) is 10.7. The van der Waals surface area contributed by atoms with Crippen molar-refractivity contribution in [2.75, 3.05) is 31.3 Å². The number of hydrogen-bond acceptors (Lipinski definition) is 5. The van der Waals surface area contributed by atoms with Crippen LogP contribution in [-0.2, 0) is 9.59 Å². The lowest BCUT2D eigenvalue weighted by molar-refractivity contribution is -0.131. The smallest absolute Gasteiger partial charge is 0.243 e. The minimum absolute atomic E-state index is 0.103. The lowest BCUT2D eigenvalue weighted by Gasteiger charge is -2.16. The Bertz CT molecular complexity index is 1010. The molecule has 29 heavy (non-hydrogen) atoms. The Hall–Kier alpha value is -3.07. The summed E-state index contributed by atoms with van der Waals surface area (Å²) in [6, 6.07) is 11.0. The van der Waals surface area contributed by atoms with Gasteiger partial charge in [0.1, 0.15) is 11.6 Å². The Kier molecular flexibility index (Phi) is 6.71. The van der Waals surface area contributed by atoms with E-state index in [1.165, 1.54) is 40.9 Å². The van der Waals surface area contributed by atoms with Gasteiger partial charge in [-0.25, -0.2) is 9.37 Å². The minimum atomic E-state index is -0.382. The SMILES string of the molecule is CCOc1ccc2nc(SCC(=O)N(C)CC(=O)Nc3ccc(F)cc3)[nH]c2c1. The summed E-state index contributed by atoms with van der Waals surface area (Å²) in [5, 5.41) is 3.24. The molecule has 2 N–H and O–H groups in total. The first kappa shape index (κ1) is 20.7. The number of hydrogen-bond donors (Lipinski definition) is 2. The maximum Gasteiger partial charge on any atom is 0.243 e. The second-order valence-corrected chi connectivity index (χ2v) is 7.21. The van der Waals surface area contributed by atoms with Crippen LogP contribution in [0.2, 0.25) is 0 Å². The molecule has 7 nitrogen and oxygen atoms in total. The summed E-state index contributed by atoms with van der Waals surface area (Å²) < 4.78 is 18.4. The molecule has 1 heterocycles. The zero-order valence-corrected chi connectivity index (χ0v) is 16.9. The summed E-state index contributed by atoms with van der Waals surface area (Å²) in [7, 11) is 1.56. The number of likely N-dealkylation sites (N-methyl/N-ethyl adjacent to an activating group) is 1. The average molecular weight is 416 g/mol. The van der Waals surface area contributed by atoms with Crippen molar-refractivity contribution in [1.29, 1.82) is 0 Å². The third-order valence-electron chi connectivity index (χ3n) is 4.01. The number of imidazole rings is 1. The Morgan fingerprint density at radius 3 is 2.72 bits per heavy atom. The van der Waals surface area contributed by atoms with Crippen molar-refractivity contribution in [1.82, 2.24) is 14.9 Å². The topological polar surface area (TPSA) is 87.3 Å².